The van der Waals surface area contributed by atoms with Gasteiger partial charge >= 0.3 is 18.3 Å². The topological polar surface area (TPSA) is 213 Å². The fourth-order valence-corrected chi connectivity index (χ4v) is 9.43. The molecule has 17 nitrogen and oxygen atoms in total. The number of thioether (sulfide) groups is 1. The van der Waals surface area contributed by atoms with Crippen LogP contribution in [-0.2, 0) is 36.8 Å². The molecule has 3 aromatic rings. The molecule has 19 heteroatoms. The van der Waals surface area contributed by atoms with Gasteiger partial charge in [0.2, 0.25) is 17.7 Å². The van der Waals surface area contributed by atoms with Crippen LogP contribution in [0.5, 0.6) is 0 Å². The van der Waals surface area contributed by atoms with Gasteiger partial charge in [0, 0.05) is 79.8 Å². The lowest BCUT2D eigenvalue weighted by Crippen LogP contribution is -2.57. The Morgan fingerprint density at radius 2 is 1.46 bits per heavy atom. The van der Waals surface area contributed by atoms with Crippen molar-refractivity contribution in [2.24, 2.45) is 0 Å². The van der Waals surface area contributed by atoms with Gasteiger partial charge in [0.25, 0.3) is 0 Å². The monoisotopic (exact) mass is 1010 g/mol. The summed E-state index contributed by atoms with van der Waals surface area (Å²) in [5.74, 6) is -1.48. The summed E-state index contributed by atoms with van der Waals surface area (Å²) in [6, 6.07) is 11.7. The van der Waals surface area contributed by atoms with Crippen molar-refractivity contribution in [2.75, 3.05) is 40.3 Å². The third-order valence-corrected chi connectivity index (χ3v) is 13.2. The standard InChI is InChI=1S/C48H65BrN8O9S/c1-47(2,3)65-44(61)50-23-14-13-18-36-42(60)56(8)38(26-31-29-57(46(63)64)37-20-11-10-17-32(31)37)41(59)53-28-33-34(49)22-25-55(7)43(33)67-39-21-12-9-16-30(39)27-52-35(40(58)54-36)19-15-24-51-45(62)66-48(4,5)6/h9-12,16-17,20-22,29,35-36,38,52H,13-15,18-19,23-28H2,1-8H3,(H,50,61)(H,51,62)(H,53,59)(H,54,58)(H,63,64)/t35-,36-,38-/m0/s1. The number of halogens is 1. The lowest BCUT2D eigenvalue weighted by molar-refractivity contribution is -0.142. The lowest BCUT2D eigenvalue weighted by atomic mass is 10.0. The SMILES string of the molecule is CN1CC=C(Br)C2=C1Sc1ccccc1CN[C@@H](CCCNC(=O)OC(C)(C)C)C(=O)N[C@@H](CCCCNC(=O)OC(C)(C)C)C(=O)N(C)[C@@H](Cc1cn(C(=O)O)c3ccccc13)C(=O)NC2. The summed E-state index contributed by atoms with van der Waals surface area (Å²) in [5, 5.41) is 26.7. The number of carbonyl (C=O) groups excluding carboxylic acids is 5. The Kier molecular flexibility index (Phi) is 18.4. The molecule has 0 radical (unpaired) electrons. The normalized spacial score (nSPS) is 19.1. The molecule has 67 heavy (non-hydrogen) atoms. The fraction of sp³-hybridized carbons (Fsp3) is 0.500. The maximum atomic E-state index is 15.0. The second kappa shape index (κ2) is 23.5. The minimum atomic E-state index is -1.20. The Bertz CT molecular complexity index is 2350. The fourth-order valence-electron chi connectivity index (χ4n) is 7.66. The first-order valence-corrected chi connectivity index (χ1v) is 24.1. The summed E-state index contributed by atoms with van der Waals surface area (Å²) in [6.07, 6.45) is 2.76. The first kappa shape index (κ1) is 52.4. The molecule has 5 rings (SSSR count). The quantitative estimate of drug-likeness (QED) is 0.109. The average molecular weight is 1010 g/mol. The van der Waals surface area contributed by atoms with Gasteiger partial charge in [0.05, 0.1) is 16.6 Å². The molecule has 3 heterocycles. The largest absolute Gasteiger partial charge is 0.464 e. The van der Waals surface area contributed by atoms with E-state index in [2.05, 4.69) is 47.4 Å². The molecule has 2 aromatic carbocycles. The number of amides is 5. The van der Waals surface area contributed by atoms with E-state index in [-0.39, 0.29) is 38.9 Å². The summed E-state index contributed by atoms with van der Waals surface area (Å²) < 4.78 is 12.7. The van der Waals surface area contributed by atoms with Gasteiger partial charge in [-0.1, -0.05) is 70.2 Å². The van der Waals surface area contributed by atoms with Crippen molar-refractivity contribution in [1.29, 1.82) is 0 Å². The maximum absolute atomic E-state index is 15.0. The van der Waals surface area contributed by atoms with E-state index in [4.69, 9.17) is 9.47 Å². The van der Waals surface area contributed by atoms with Crippen LogP contribution in [-0.4, -0.2) is 125 Å². The van der Waals surface area contributed by atoms with E-state index in [9.17, 15) is 33.9 Å². The summed E-state index contributed by atoms with van der Waals surface area (Å²) in [6.45, 7) is 12.1. The summed E-state index contributed by atoms with van der Waals surface area (Å²) >= 11 is 5.29. The summed E-state index contributed by atoms with van der Waals surface area (Å²) in [7, 11) is 3.48. The molecule has 6 N–H and O–H groups in total. The first-order valence-electron chi connectivity index (χ1n) is 22.5. The van der Waals surface area contributed by atoms with Crippen molar-refractivity contribution >= 4 is 74.6 Å². The highest BCUT2D eigenvalue weighted by Gasteiger charge is 2.35. The molecule has 0 spiro atoms. The highest BCUT2D eigenvalue weighted by Crippen LogP contribution is 2.39. The van der Waals surface area contributed by atoms with Crippen LogP contribution in [0, 0.1) is 0 Å². The maximum Gasteiger partial charge on any atom is 0.416 e. The Balaban J connectivity index is 1.53. The molecule has 5 amide bonds. The Morgan fingerprint density at radius 1 is 0.836 bits per heavy atom. The number of carboxylic acid groups (broad SMARTS) is 1. The van der Waals surface area contributed by atoms with Crippen molar-refractivity contribution in [3.05, 3.63) is 87.0 Å². The van der Waals surface area contributed by atoms with Crippen LogP contribution < -0.4 is 26.6 Å². The average Bonchev–Trinajstić information content (AvgIpc) is 3.62. The number of aromatic nitrogens is 1. The number of ether oxygens (including phenoxy) is 2. The second-order valence-corrected chi connectivity index (χ2v) is 20.5. The van der Waals surface area contributed by atoms with Crippen LogP contribution in [0.2, 0.25) is 0 Å². The smallest absolute Gasteiger partial charge is 0.416 e. The van der Waals surface area contributed by atoms with Crippen LogP contribution in [0.3, 0.4) is 0 Å². The third kappa shape index (κ3) is 15.2. The van der Waals surface area contributed by atoms with Crippen molar-refractivity contribution in [1.82, 2.24) is 41.0 Å². The number of rotatable bonds is 11. The number of hydrogen-bond donors (Lipinski definition) is 6. The highest BCUT2D eigenvalue weighted by molar-refractivity contribution is 9.12. The molecule has 0 saturated carbocycles. The number of fused-ring (bicyclic) bond motifs is 2. The number of nitrogens with one attached hydrogen (secondary N) is 5. The predicted octanol–water partition coefficient (Wildman–Crippen LogP) is 6.84. The number of hydrogen-bond acceptors (Lipinski definition) is 11. The Hall–Kier alpha value is -5.53. The van der Waals surface area contributed by atoms with Gasteiger partial charge in [-0.2, -0.15) is 0 Å². The molecule has 2 aliphatic rings. The molecule has 0 fully saturated rings. The van der Waals surface area contributed by atoms with Gasteiger partial charge in [-0.25, -0.2) is 14.4 Å². The number of carbonyl (C=O) groups is 6. The molecular weight excluding hydrogens is 945 g/mol. The number of unbranched alkanes of at least 4 members (excludes halogenated alkanes) is 1. The molecule has 364 valence electrons. The lowest BCUT2D eigenvalue weighted by Gasteiger charge is -2.32. The number of likely N-dealkylation sites (N-methyl/N-ethyl adjacent to an activating group) is 2. The van der Waals surface area contributed by atoms with Gasteiger partial charge in [-0.3, -0.25) is 19.0 Å². The van der Waals surface area contributed by atoms with E-state index < -0.39 is 65.3 Å². The summed E-state index contributed by atoms with van der Waals surface area (Å²) in [4.78, 5) is 85.9. The zero-order valence-electron chi connectivity index (χ0n) is 39.6. The minimum absolute atomic E-state index is 0.0465. The molecule has 0 aliphatic carbocycles. The highest BCUT2D eigenvalue weighted by atomic mass is 79.9. The number of nitrogens with zero attached hydrogens (tertiary/aromatic N) is 3. The van der Waals surface area contributed by atoms with Crippen LogP contribution in [0.15, 0.2) is 80.8 Å². The number of alkyl carbamates (subject to hydrolysis) is 2. The van der Waals surface area contributed by atoms with Crippen molar-refractivity contribution in [3.8, 4) is 0 Å². The van der Waals surface area contributed by atoms with Crippen molar-refractivity contribution < 1.29 is 43.3 Å². The number of para-hydroxylation sites is 1. The molecule has 3 atom stereocenters. The van der Waals surface area contributed by atoms with E-state index >= 15 is 0 Å². The Morgan fingerprint density at radius 3 is 2.13 bits per heavy atom. The van der Waals surface area contributed by atoms with Crippen LogP contribution in [0.4, 0.5) is 14.4 Å². The van der Waals surface area contributed by atoms with E-state index in [0.717, 1.165) is 30.1 Å². The Labute approximate surface area is 405 Å². The second-order valence-electron chi connectivity index (χ2n) is 18.6. The molecular formula is C48H65BrN8O9S. The zero-order chi connectivity index (χ0) is 49.1. The molecule has 0 unspecified atom stereocenters. The molecule has 0 saturated heterocycles. The van der Waals surface area contributed by atoms with Crippen molar-refractivity contribution in [3.63, 3.8) is 0 Å². The van der Waals surface area contributed by atoms with Crippen LogP contribution >= 0.6 is 27.7 Å². The van der Waals surface area contributed by atoms with Gasteiger partial charge in [-0.05, 0) is 96.9 Å². The van der Waals surface area contributed by atoms with Crippen molar-refractivity contribution in [2.45, 2.75) is 121 Å². The van der Waals surface area contributed by atoms with E-state index in [0.29, 0.717) is 48.8 Å². The molecule has 2 aliphatic heterocycles. The van der Waals surface area contributed by atoms with E-state index in [1.807, 2.05) is 37.4 Å². The zero-order valence-corrected chi connectivity index (χ0v) is 42.0. The van der Waals surface area contributed by atoms with Gasteiger partial charge in [-0.15, -0.1) is 0 Å². The predicted molar refractivity (Wildman–Crippen MR) is 262 cm³/mol. The minimum Gasteiger partial charge on any atom is -0.464 e. The summed E-state index contributed by atoms with van der Waals surface area (Å²) in [5.41, 5.74) is 1.33. The van der Waals surface area contributed by atoms with E-state index in [1.54, 1.807) is 65.8 Å². The first-order chi connectivity index (χ1) is 31.6. The van der Waals surface area contributed by atoms with Crippen LogP contribution in [0.1, 0.15) is 84.8 Å². The third-order valence-electron chi connectivity index (χ3n) is 11.0. The van der Waals surface area contributed by atoms with Gasteiger partial charge < -0.3 is 51.0 Å². The molecule has 1 aromatic heterocycles. The van der Waals surface area contributed by atoms with Gasteiger partial charge in [0.15, 0.2) is 0 Å². The van der Waals surface area contributed by atoms with Gasteiger partial charge in [0.1, 0.15) is 23.3 Å². The number of benzene rings is 2. The van der Waals surface area contributed by atoms with Crippen LogP contribution in [0.25, 0.3) is 10.9 Å². The molecule has 0 bridgehead atoms. The van der Waals surface area contributed by atoms with E-state index in [1.165, 1.54) is 29.9 Å².